The fourth-order valence-electron chi connectivity index (χ4n) is 2.51. The summed E-state index contributed by atoms with van der Waals surface area (Å²) in [5.74, 6) is 0. The van der Waals surface area contributed by atoms with Gasteiger partial charge in [0.2, 0.25) is 0 Å². The van der Waals surface area contributed by atoms with Crippen molar-refractivity contribution in [2.45, 2.75) is 44.9 Å². The van der Waals surface area contributed by atoms with Gasteiger partial charge < -0.3 is 9.67 Å². The van der Waals surface area contributed by atoms with Crippen LogP contribution < -0.4 is 0 Å². The Morgan fingerprint density at radius 1 is 1.50 bits per heavy atom. The lowest BCUT2D eigenvalue weighted by atomic mass is 10.1. The number of aromatic nitrogens is 2. The molecule has 16 heavy (non-hydrogen) atoms. The molecule has 0 radical (unpaired) electrons. The van der Waals surface area contributed by atoms with Crippen molar-refractivity contribution in [1.29, 1.82) is 0 Å². The van der Waals surface area contributed by atoms with E-state index >= 15 is 0 Å². The highest BCUT2D eigenvalue weighted by Gasteiger charge is 2.24. The molecule has 0 saturated carbocycles. The van der Waals surface area contributed by atoms with Crippen molar-refractivity contribution >= 4 is 0 Å². The molecule has 1 aromatic heterocycles. The maximum atomic E-state index is 9.44. The van der Waals surface area contributed by atoms with Gasteiger partial charge >= 0.3 is 0 Å². The molecule has 1 saturated heterocycles. The third-order valence-corrected chi connectivity index (χ3v) is 3.32. The van der Waals surface area contributed by atoms with Crippen molar-refractivity contribution in [3.05, 3.63) is 18.7 Å². The van der Waals surface area contributed by atoms with Crippen LogP contribution >= 0.6 is 0 Å². The lowest BCUT2D eigenvalue weighted by molar-refractivity contribution is 0.132. The minimum atomic E-state index is -0.182. The molecule has 1 N–H and O–H groups in total. The van der Waals surface area contributed by atoms with Crippen LogP contribution in [0, 0.1) is 0 Å². The molecule has 1 aliphatic rings. The van der Waals surface area contributed by atoms with E-state index in [4.69, 9.17) is 0 Å². The second-order valence-corrected chi connectivity index (χ2v) is 4.72. The number of aliphatic hydroxyl groups excluding tert-OH is 1. The largest absolute Gasteiger partial charge is 0.393 e. The zero-order valence-corrected chi connectivity index (χ0v) is 9.92. The molecule has 0 aliphatic carbocycles. The summed E-state index contributed by atoms with van der Waals surface area (Å²) in [5, 5.41) is 9.44. The van der Waals surface area contributed by atoms with Crippen LogP contribution in [0.3, 0.4) is 0 Å². The van der Waals surface area contributed by atoms with Crippen LogP contribution in [0.4, 0.5) is 0 Å². The average molecular weight is 223 g/mol. The maximum absolute atomic E-state index is 9.44. The Hall–Kier alpha value is -0.870. The normalized spacial score (nSPS) is 23.8. The minimum absolute atomic E-state index is 0.182. The lowest BCUT2D eigenvalue weighted by Gasteiger charge is -2.25. The van der Waals surface area contributed by atoms with Crippen molar-refractivity contribution < 1.29 is 5.11 Å². The summed E-state index contributed by atoms with van der Waals surface area (Å²) in [7, 11) is 0. The van der Waals surface area contributed by atoms with Crippen LogP contribution in [0.15, 0.2) is 18.7 Å². The van der Waals surface area contributed by atoms with E-state index in [0.29, 0.717) is 6.04 Å². The number of imidazole rings is 1. The van der Waals surface area contributed by atoms with Gasteiger partial charge in [-0.05, 0) is 32.7 Å². The van der Waals surface area contributed by atoms with E-state index in [1.165, 1.54) is 19.4 Å². The first-order chi connectivity index (χ1) is 7.75. The SMILES string of the molecule is CC(O)CC1CCCN1CCn1ccnc1. The summed E-state index contributed by atoms with van der Waals surface area (Å²) in [4.78, 5) is 6.53. The number of rotatable bonds is 5. The molecule has 2 rings (SSSR count). The molecule has 0 amide bonds. The number of nitrogens with zero attached hydrogens (tertiary/aromatic N) is 3. The molecule has 2 heterocycles. The summed E-state index contributed by atoms with van der Waals surface area (Å²) < 4.78 is 2.11. The highest BCUT2D eigenvalue weighted by atomic mass is 16.3. The summed E-state index contributed by atoms with van der Waals surface area (Å²) in [6, 6.07) is 0.573. The summed E-state index contributed by atoms with van der Waals surface area (Å²) in [6.07, 6.45) is 8.90. The summed E-state index contributed by atoms with van der Waals surface area (Å²) in [5.41, 5.74) is 0. The highest BCUT2D eigenvalue weighted by Crippen LogP contribution is 2.21. The number of hydrogen-bond donors (Lipinski definition) is 1. The van der Waals surface area contributed by atoms with E-state index in [1.807, 2.05) is 25.6 Å². The lowest BCUT2D eigenvalue weighted by Crippen LogP contribution is -2.34. The molecule has 1 aromatic rings. The zero-order chi connectivity index (χ0) is 11.4. The Kier molecular flexibility index (Phi) is 3.96. The van der Waals surface area contributed by atoms with Gasteiger partial charge in [0.25, 0.3) is 0 Å². The molecule has 0 bridgehead atoms. The van der Waals surface area contributed by atoms with Crippen LogP contribution in [0.2, 0.25) is 0 Å². The monoisotopic (exact) mass is 223 g/mol. The molecule has 90 valence electrons. The van der Waals surface area contributed by atoms with Gasteiger partial charge in [-0.25, -0.2) is 4.98 Å². The van der Waals surface area contributed by atoms with Crippen molar-refractivity contribution in [3.63, 3.8) is 0 Å². The zero-order valence-electron chi connectivity index (χ0n) is 9.92. The van der Waals surface area contributed by atoms with Gasteiger partial charge in [-0.2, -0.15) is 0 Å². The van der Waals surface area contributed by atoms with E-state index in [2.05, 4.69) is 14.5 Å². The molecule has 4 nitrogen and oxygen atoms in total. The van der Waals surface area contributed by atoms with Gasteiger partial charge in [-0.15, -0.1) is 0 Å². The number of likely N-dealkylation sites (tertiary alicyclic amines) is 1. The van der Waals surface area contributed by atoms with Gasteiger partial charge in [0.15, 0.2) is 0 Å². The van der Waals surface area contributed by atoms with Crippen molar-refractivity contribution in [2.75, 3.05) is 13.1 Å². The van der Waals surface area contributed by atoms with Crippen LogP contribution in [0.1, 0.15) is 26.2 Å². The fourth-order valence-corrected chi connectivity index (χ4v) is 2.51. The second-order valence-electron chi connectivity index (χ2n) is 4.72. The molecule has 1 aliphatic heterocycles. The molecule has 2 atom stereocenters. The van der Waals surface area contributed by atoms with Crippen LogP contribution in [0.25, 0.3) is 0 Å². The smallest absolute Gasteiger partial charge is 0.0946 e. The van der Waals surface area contributed by atoms with Gasteiger partial charge in [-0.1, -0.05) is 0 Å². The molecule has 2 unspecified atom stereocenters. The van der Waals surface area contributed by atoms with Gasteiger partial charge in [-0.3, -0.25) is 4.90 Å². The maximum Gasteiger partial charge on any atom is 0.0946 e. The molecule has 4 heteroatoms. The minimum Gasteiger partial charge on any atom is -0.393 e. The first-order valence-electron chi connectivity index (χ1n) is 6.13. The molecule has 0 spiro atoms. The van der Waals surface area contributed by atoms with Crippen molar-refractivity contribution in [1.82, 2.24) is 14.5 Å². The highest BCUT2D eigenvalue weighted by molar-refractivity contribution is 4.81. The van der Waals surface area contributed by atoms with Gasteiger partial charge in [0.05, 0.1) is 12.4 Å². The first-order valence-corrected chi connectivity index (χ1v) is 6.13. The topological polar surface area (TPSA) is 41.3 Å². The third kappa shape index (κ3) is 3.06. The predicted molar refractivity (Wildman–Crippen MR) is 63.1 cm³/mol. The van der Waals surface area contributed by atoms with Crippen molar-refractivity contribution in [2.24, 2.45) is 0 Å². The predicted octanol–water partition coefficient (Wildman–Crippen LogP) is 1.12. The Morgan fingerprint density at radius 2 is 2.38 bits per heavy atom. The molecule has 1 fully saturated rings. The van der Waals surface area contributed by atoms with Crippen molar-refractivity contribution in [3.8, 4) is 0 Å². The first kappa shape index (κ1) is 11.6. The van der Waals surface area contributed by atoms with Crippen LogP contribution in [-0.2, 0) is 6.54 Å². The Bertz CT molecular complexity index is 297. The van der Waals surface area contributed by atoms with Gasteiger partial charge in [0.1, 0.15) is 0 Å². The third-order valence-electron chi connectivity index (χ3n) is 3.32. The van der Waals surface area contributed by atoms with E-state index in [9.17, 15) is 5.11 Å². The Labute approximate surface area is 96.9 Å². The Morgan fingerprint density at radius 3 is 3.06 bits per heavy atom. The van der Waals surface area contributed by atoms with Gasteiger partial charge in [0, 0.05) is 31.5 Å². The van der Waals surface area contributed by atoms with E-state index < -0.39 is 0 Å². The number of hydrogen-bond acceptors (Lipinski definition) is 3. The van der Waals surface area contributed by atoms with Crippen LogP contribution in [0.5, 0.6) is 0 Å². The van der Waals surface area contributed by atoms with E-state index in [1.54, 1.807) is 0 Å². The van der Waals surface area contributed by atoms with E-state index in [0.717, 1.165) is 19.5 Å². The Balaban J connectivity index is 1.79. The fraction of sp³-hybridized carbons (Fsp3) is 0.750. The molecule has 0 aromatic carbocycles. The summed E-state index contributed by atoms with van der Waals surface area (Å²) >= 11 is 0. The van der Waals surface area contributed by atoms with E-state index in [-0.39, 0.29) is 6.10 Å². The standard InChI is InChI=1S/C12H21N3O/c1-11(16)9-12-3-2-5-15(12)8-7-14-6-4-13-10-14/h4,6,10-12,16H,2-3,5,7-9H2,1H3. The molecular weight excluding hydrogens is 202 g/mol. The number of aliphatic hydroxyl groups is 1. The second kappa shape index (κ2) is 5.46. The molecular formula is C12H21N3O. The quantitative estimate of drug-likeness (QED) is 0.813. The summed E-state index contributed by atoms with van der Waals surface area (Å²) in [6.45, 7) is 5.11. The average Bonchev–Trinajstić information content (AvgIpc) is 2.84. The van der Waals surface area contributed by atoms with Crippen LogP contribution in [-0.4, -0.2) is 44.8 Å².